The summed E-state index contributed by atoms with van der Waals surface area (Å²) in [6.07, 6.45) is -4.42. The Kier molecular flexibility index (Phi) is 4.02. The van der Waals surface area contributed by atoms with Crippen molar-refractivity contribution in [3.8, 4) is 0 Å². The van der Waals surface area contributed by atoms with E-state index in [1.54, 1.807) is 0 Å². The Bertz CT molecular complexity index is 664. The van der Waals surface area contributed by atoms with Crippen molar-refractivity contribution in [3.05, 3.63) is 65.0 Å². The minimum Gasteiger partial charge on any atom is -0.292 e. The SMILES string of the molecule is O=C(Cc1ccc(F)cc1F)c1ccc(C(F)(F)F)cn1. The molecule has 0 bridgehead atoms. The molecule has 110 valence electrons. The molecule has 2 nitrogen and oxygen atoms in total. The van der Waals surface area contributed by atoms with E-state index in [0.29, 0.717) is 12.3 Å². The van der Waals surface area contributed by atoms with Gasteiger partial charge in [-0.3, -0.25) is 9.78 Å². The van der Waals surface area contributed by atoms with Crippen molar-refractivity contribution in [2.24, 2.45) is 0 Å². The molecule has 0 atom stereocenters. The molecule has 0 unspecified atom stereocenters. The average molecular weight is 301 g/mol. The first-order valence-electron chi connectivity index (χ1n) is 5.78. The molecule has 0 radical (unpaired) electrons. The molecule has 1 aromatic carbocycles. The summed E-state index contributed by atoms with van der Waals surface area (Å²) in [5, 5.41) is 0. The van der Waals surface area contributed by atoms with Gasteiger partial charge >= 0.3 is 6.18 Å². The van der Waals surface area contributed by atoms with Crippen LogP contribution < -0.4 is 0 Å². The van der Waals surface area contributed by atoms with Gasteiger partial charge in [0.05, 0.1) is 5.56 Å². The minimum atomic E-state index is -4.54. The predicted molar refractivity (Wildman–Crippen MR) is 63.6 cm³/mol. The number of pyridine rings is 1. The number of halogens is 5. The van der Waals surface area contributed by atoms with Crippen LogP contribution in [0.1, 0.15) is 21.6 Å². The average Bonchev–Trinajstić information content (AvgIpc) is 2.41. The molecule has 0 saturated carbocycles. The van der Waals surface area contributed by atoms with Gasteiger partial charge in [-0.05, 0) is 23.8 Å². The summed E-state index contributed by atoms with van der Waals surface area (Å²) < 4.78 is 63.2. The monoisotopic (exact) mass is 301 g/mol. The van der Waals surface area contributed by atoms with Crippen LogP contribution in [0, 0.1) is 11.6 Å². The van der Waals surface area contributed by atoms with Crippen LogP contribution in [0.2, 0.25) is 0 Å². The number of ketones is 1. The van der Waals surface area contributed by atoms with E-state index in [4.69, 9.17) is 0 Å². The standard InChI is InChI=1S/C14H8F5NO/c15-10-3-1-8(11(16)6-10)5-13(21)12-4-2-9(7-20-12)14(17,18)19/h1-4,6-7H,5H2. The largest absolute Gasteiger partial charge is 0.417 e. The van der Waals surface area contributed by atoms with E-state index in [1.807, 2.05) is 0 Å². The number of carbonyl (C=O) groups is 1. The molecule has 0 amide bonds. The first-order valence-corrected chi connectivity index (χ1v) is 5.78. The summed E-state index contributed by atoms with van der Waals surface area (Å²) in [6, 6.07) is 4.37. The molecule has 1 heterocycles. The third-order valence-electron chi connectivity index (χ3n) is 2.74. The summed E-state index contributed by atoms with van der Waals surface area (Å²) in [5.74, 6) is -2.33. The number of aromatic nitrogens is 1. The van der Waals surface area contributed by atoms with Crippen molar-refractivity contribution in [1.82, 2.24) is 4.98 Å². The maximum atomic E-state index is 13.4. The third-order valence-corrected chi connectivity index (χ3v) is 2.74. The summed E-state index contributed by atoms with van der Waals surface area (Å²) in [4.78, 5) is 15.2. The highest BCUT2D eigenvalue weighted by Crippen LogP contribution is 2.28. The molecular weight excluding hydrogens is 293 g/mol. The van der Waals surface area contributed by atoms with E-state index in [1.165, 1.54) is 0 Å². The van der Waals surface area contributed by atoms with Gasteiger partial charge in [0.15, 0.2) is 5.78 Å². The number of hydrogen-bond acceptors (Lipinski definition) is 2. The highest BCUT2D eigenvalue weighted by molar-refractivity contribution is 5.95. The molecule has 0 saturated heterocycles. The fourth-order valence-corrected chi connectivity index (χ4v) is 1.66. The highest BCUT2D eigenvalue weighted by Gasteiger charge is 2.30. The molecule has 0 aliphatic heterocycles. The van der Waals surface area contributed by atoms with Crippen LogP contribution in [0.4, 0.5) is 22.0 Å². The van der Waals surface area contributed by atoms with Gasteiger partial charge < -0.3 is 0 Å². The van der Waals surface area contributed by atoms with E-state index in [0.717, 1.165) is 24.3 Å². The number of benzene rings is 1. The molecule has 0 fully saturated rings. The lowest BCUT2D eigenvalue weighted by Crippen LogP contribution is -2.10. The lowest BCUT2D eigenvalue weighted by atomic mass is 10.1. The number of carbonyl (C=O) groups excluding carboxylic acids is 1. The number of hydrogen-bond donors (Lipinski definition) is 0. The zero-order valence-corrected chi connectivity index (χ0v) is 10.4. The Morgan fingerprint density at radius 3 is 2.33 bits per heavy atom. The lowest BCUT2D eigenvalue weighted by Gasteiger charge is -2.07. The Hall–Kier alpha value is -2.31. The second-order valence-corrected chi connectivity index (χ2v) is 4.27. The topological polar surface area (TPSA) is 30.0 Å². The summed E-state index contributed by atoms with van der Waals surface area (Å²) in [5.41, 5.74) is -1.25. The fourth-order valence-electron chi connectivity index (χ4n) is 1.66. The van der Waals surface area contributed by atoms with Crippen molar-refractivity contribution in [3.63, 3.8) is 0 Å². The van der Waals surface area contributed by atoms with Gasteiger partial charge in [-0.2, -0.15) is 13.2 Å². The number of alkyl halides is 3. The molecule has 0 aliphatic rings. The van der Waals surface area contributed by atoms with E-state index in [2.05, 4.69) is 4.98 Å². The van der Waals surface area contributed by atoms with E-state index in [-0.39, 0.29) is 11.3 Å². The van der Waals surface area contributed by atoms with Crippen LogP contribution in [0.25, 0.3) is 0 Å². The van der Waals surface area contributed by atoms with Gasteiger partial charge in [0.2, 0.25) is 0 Å². The van der Waals surface area contributed by atoms with Crippen molar-refractivity contribution in [2.75, 3.05) is 0 Å². The Balaban J connectivity index is 2.17. The molecule has 21 heavy (non-hydrogen) atoms. The van der Waals surface area contributed by atoms with Gasteiger partial charge in [0.25, 0.3) is 0 Å². The highest BCUT2D eigenvalue weighted by atomic mass is 19.4. The first-order chi connectivity index (χ1) is 9.77. The maximum absolute atomic E-state index is 13.4. The van der Waals surface area contributed by atoms with E-state index < -0.39 is 35.6 Å². The van der Waals surface area contributed by atoms with Crippen LogP contribution in [0.15, 0.2) is 36.5 Å². The fraction of sp³-hybridized carbons (Fsp3) is 0.143. The van der Waals surface area contributed by atoms with E-state index in [9.17, 15) is 26.7 Å². The smallest absolute Gasteiger partial charge is 0.292 e. The van der Waals surface area contributed by atoms with Gasteiger partial charge in [-0.25, -0.2) is 8.78 Å². The zero-order valence-electron chi connectivity index (χ0n) is 10.4. The van der Waals surface area contributed by atoms with Gasteiger partial charge in [0.1, 0.15) is 17.3 Å². The summed E-state index contributed by atoms with van der Waals surface area (Å²) in [6.45, 7) is 0. The molecular formula is C14H8F5NO. The van der Waals surface area contributed by atoms with Gasteiger partial charge in [0, 0.05) is 18.7 Å². The maximum Gasteiger partial charge on any atom is 0.417 e. The second kappa shape index (κ2) is 5.59. The Morgan fingerprint density at radius 2 is 1.81 bits per heavy atom. The van der Waals surface area contributed by atoms with Crippen LogP contribution in [0.3, 0.4) is 0 Å². The number of Topliss-reactive ketones (excluding diaryl/α,β-unsaturated/α-hetero) is 1. The minimum absolute atomic E-state index is 0.0527. The van der Waals surface area contributed by atoms with Gasteiger partial charge in [-0.1, -0.05) is 6.07 Å². The molecule has 1 aromatic heterocycles. The van der Waals surface area contributed by atoms with Crippen LogP contribution in [0.5, 0.6) is 0 Å². The second-order valence-electron chi connectivity index (χ2n) is 4.27. The molecule has 0 spiro atoms. The molecule has 2 rings (SSSR count). The number of nitrogens with zero attached hydrogens (tertiary/aromatic N) is 1. The Morgan fingerprint density at radius 1 is 1.10 bits per heavy atom. The lowest BCUT2D eigenvalue weighted by molar-refractivity contribution is -0.137. The molecule has 7 heteroatoms. The molecule has 2 aromatic rings. The predicted octanol–water partition coefficient (Wildman–Crippen LogP) is 3.80. The van der Waals surface area contributed by atoms with Gasteiger partial charge in [-0.15, -0.1) is 0 Å². The molecule has 0 aliphatic carbocycles. The van der Waals surface area contributed by atoms with Crippen molar-refractivity contribution in [1.29, 1.82) is 0 Å². The summed E-state index contributed by atoms with van der Waals surface area (Å²) >= 11 is 0. The Labute approximate surface area is 116 Å². The zero-order chi connectivity index (χ0) is 15.6. The van der Waals surface area contributed by atoms with E-state index >= 15 is 0 Å². The van der Waals surface area contributed by atoms with Crippen LogP contribution >= 0.6 is 0 Å². The van der Waals surface area contributed by atoms with Crippen molar-refractivity contribution < 1.29 is 26.7 Å². The summed E-state index contributed by atoms with van der Waals surface area (Å²) in [7, 11) is 0. The molecule has 0 N–H and O–H groups in total. The van der Waals surface area contributed by atoms with Crippen molar-refractivity contribution in [2.45, 2.75) is 12.6 Å². The van der Waals surface area contributed by atoms with Crippen LogP contribution in [-0.2, 0) is 12.6 Å². The quantitative estimate of drug-likeness (QED) is 0.637. The van der Waals surface area contributed by atoms with Crippen LogP contribution in [-0.4, -0.2) is 10.8 Å². The van der Waals surface area contributed by atoms with Crippen molar-refractivity contribution >= 4 is 5.78 Å². The first kappa shape index (κ1) is 15.1. The third kappa shape index (κ3) is 3.62. The normalized spacial score (nSPS) is 11.5. The number of rotatable bonds is 3.